The van der Waals surface area contributed by atoms with Gasteiger partial charge in [0.25, 0.3) is 0 Å². The second-order valence-electron chi connectivity index (χ2n) is 7.24. The fourth-order valence-corrected chi connectivity index (χ4v) is 3.76. The minimum Gasteiger partial charge on any atom is -0.326 e. The fourth-order valence-electron chi connectivity index (χ4n) is 2.89. The van der Waals surface area contributed by atoms with Crippen LogP contribution in [-0.2, 0) is 9.59 Å². The molecule has 0 bridgehead atoms. The molecule has 0 aliphatic carbocycles. The molecular formula is C23H30N2O2S. The monoisotopic (exact) mass is 398 g/mol. The molecule has 2 amide bonds. The van der Waals surface area contributed by atoms with Crippen LogP contribution in [0, 0.1) is 27.7 Å². The molecule has 0 aliphatic heterocycles. The summed E-state index contributed by atoms with van der Waals surface area (Å²) in [5.41, 5.74) is 6.08. The Morgan fingerprint density at radius 1 is 0.964 bits per heavy atom. The summed E-state index contributed by atoms with van der Waals surface area (Å²) in [5, 5.41) is 5.85. The first kappa shape index (κ1) is 22.0. The van der Waals surface area contributed by atoms with E-state index in [4.69, 9.17) is 0 Å². The number of amides is 2. The molecule has 0 aromatic heterocycles. The number of nitrogens with one attached hydrogen (secondary N) is 2. The van der Waals surface area contributed by atoms with E-state index >= 15 is 0 Å². The van der Waals surface area contributed by atoms with Crippen molar-refractivity contribution in [2.24, 2.45) is 0 Å². The minimum absolute atomic E-state index is 0.00122. The number of hydrogen-bond donors (Lipinski definition) is 2. The number of anilines is 2. The van der Waals surface area contributed by atoms with Gasteiger partial charge in [-0.25, -0.2) is 0 Å². The number of aryl methyl sites for hydroxylation is 4. The van der Waals surface area contributed by atoms with Gasteiger partial charge in [-0.05, 0) is 75.1 Å². The van der Waals surface area contributed by atoms with E-state index in [1.807, 2.05) is 71.0 Å². The van der Waals surface area contributed by atoms with Crippen molar-refractivity contribution >= 4 is 35.0 Å². The van der Waals surface area contributed by atoms with Crippen molar-refractivity contribution in [1.82, 2.24) is 0 Å². The highest BCUT2D eigenvalue weighted by Gasteiger charge is 2.15. The molecule has 2 N–H and O–H groups in total. The molecule has 0 aliphatic rings. The maximum absolute atomic E-state index is 12.4. The lowest BCUT2D eigenvalue weighted by molar-refractivity contribution is -0.116. The van der Waals surface area contributed by atoms with Gasteiger partial charge in [0.2, 0.25) is 11.8 Å². The number of carbonyl (C=O) groups excluding carboxylic acids is 2. The molecule has 4 nitrogen and oxygen atoms in total. The average molecular weight is 399 g/mol. The number of carbonyl (C=O) groups is 2. The van der Waals surface area contributed by atoms with Gasteiger partial charge >= 0.3 is 0 Å². The second kappa shape index (κ2) is 10.3. The van der Waals surface area contributed by atoms with Crippen molar-refractivity contribution in [3.05, 3.63) is 58.7 Å². The predicted molar refractivity (Wildman–Crippen MR) is 120 cm³/mol. The van der Waals surface area contributed by atoms with Gasteiger partial charge in [-0.1, -0.05) is 30.3 Å². The molecule has 0 fully saturated rings. The molecule has 2 aromatic carbocycles. The minimum atomic E-state index is -0.165. The summed E-state index contributed by atoms with van der Waals surface area (Å²) in [5.74, 6) is 0.783. The first-order chi connectivity index (χ1) is 13.3. The first-order valence-electron chi connectivity index (χ1n) is 9.63. The van der Waals surface area contributed by atoms with Gasteiger partial charge in [0.15, 0.2) is 0 Å². The number of benzene rings is 2. The van der Waals surface area contributed by atoms with Crippen LogP contribution < -0.4 is 10.6 Å². The highest BCUT2D eigenvalue weighted by atomic mass is 32.2. The average Bonchev–Trinajstić information content (AvgIpc) is 2.64. The summed E-state index contributed by atoms with van der Waals surface area (Å²) in [6, 6.07) is 12.0. The molecule has 28 heavy (non-hydrogen) atoms. The molecule has 1 atom stereocenters. The smallest absolute Gasteiger partial charge is 0.237 e. The summed E-state index contributed by atoms with van der Waals surface area (Å²) in [7, 11) is 0. The third-order valence-electron chi connectivity index (χ3n) is 4.68. The second-order valence-corrected chi connectivity index (χ2v) is 8.69. The van der Waals surface area contributed by atoms with Gasteiger partial charge < -0.3 is 10.6 Å². The molecule has 0 spiro atoms. The van der Waals surface area contributed by atoms with Crippen molar-refractivity contribution in [1.29, 1.82) is 0 Å². The van der Waals surface area contributed by atoms with E-state index in [1.165, 1.54) is 0 Å². The van der Waals surface area contributed by atoms with Crippen molar-refractivity contribution < 1.29 is 9.59 Å². The van der Waals surface area contributed by atoms with Crippen LogP contribution in [0.4, 0.5) is 11.4 Å². The molecule has 0 saturated heterocycles. The highest BCUT2D eigenvalue weighted by Crippen LogP contribution is 2.21. The van der Waals surface area contributed by atoms with Gasteiger partial charge in [0, 0.05) is 17.8 Å². The molecule has 2 aromatic rings. The van der Waals surface area contributed by atoms with Crippen LogP contribution >= 0.6 is 11.8 Å². The summed E-state index contributed by atoms with van der Waals surface area (Å²) in [4.78, 5) is 24.6. The van der Waals surface area contributed by atoms with Crippen molar-refractivity contribution in [2.45, 2.75) is 52.7 Å². The maximum atomic E-state index is 12.4. The van der Waals surface area contributed by atoms with E-state index in [2.05, 4.69) is 10.6 Å². The molecule has 0 heterocycles. The first-order valence-corrected chi connectivity index (χ1v) is 10.7. The van der Waals surface area contributed by atoms with E-state index in [1.54, 1.807) is 11.8 Å². The van der Waals surface area contributed by atoms with E-state index in [-0.39, 0.29) is 17.1 Å². The van der Waals surface area contributed by atoms with Crippen LogP contribution in [0.5, 0.6) is 0 Å². The van der Waals surface area contributed by atoms with Crippen molar-refractivity contribution in [3.8, 4) is 0 Å². The Morgan fingerprint density at radius 3 is 2.32 bits per heavy atom. The van der Waals surface area contributed by atoms with Crippen LogP contribution in [0.25, 0.3) is 0 Å². The largest absolute Gasteiger partial charge is 0.326 e. The zero-order chi connectivity index (χ0) is 20.7. The van der Waals surface area contributed by atoms with Crippen LogP contribution in [0.2, 0.25) is 0 Å². The third kappa shape index (κ3) is 6.41. The van der Waals surface area contributed by atoms with Crippen LogP contribution in [0.3, 0.4) is 0 Å². The molecule has 0 saturated carbocycles. The number of rotatable bonds is 8. The zero-order valence-corrected chi connectivity index (χ0v) is 18.2. The van der Waals surface area contributed by atoms with E-state index < -0.39 is 0 Å². The maximum Gasteiger partial charge on any atom is 0.237 e. The van der Waals surface area contributed by atoms with Gasteiger partial charge in [-0.3, -0.25) is 9.59 Å². The van der Waals surface area contributed by atoms with Gasteiger partial charge in [0.1, 0.15) is 0 Å². The van der Waals surface area contributed by atoms with Gasteiger partial charge in [-0.15, -0.1) is 11.8 Å². The topological polar surface area (TPSA) is 58.2 Å². The SMILES string of the molecule is Cc1ccc(C)c(NC(=O)C(C)SCCCC(=O)Nc2c(C)cccc2C)c1. The quantitative estimate of drug-likeness (QED) is 0.585. The lowest BCUT2D eigenvalue weighted by Crippen LogP contribution is -2.23. The summed E-state index contributed by atoms with van der Waals surface area (Å²) < 4.78 is 0. The van der Waals surface area contributed by atoms with Gasteiger partial charge in [0.05, 0.1) is 5.25 Å². The number of hydrogen-bond acceptors (Lipinski definition) is 3. The van der Waals surface area contributed by atoms with Crippen molar-refractivity contribution in [2.75, 3.05) is 16.4 Å². The summed E-state index contributed by atoms with van der Waals surface area (Å²) in [6.07, 6.45) is 1.19. The predicted octanol–water partition coefficient (Wildman–Crippen LogP) is 5.40. The molecule has 150 valence electrons. The third-order valence-corrected chi connectivity index (χ3v) is 5.92. The molecule has 5 heteroatoms. The molecule has 2 rings (SSSR count). The Morgan fingerprint density at radius 2 is 1.64 bits per heavy atom. The normalized spacial score (nSPS) is 11.8. The summed E-state index contributed by atoms with van der Waals surface area (Å²) >= 11 is 1.58. The van der Waals surface area contributed by atoms with Crippen LogP contribution in [0.1, 0.15) is 42.0 Å². The molecule has 1 unspecified atom stereocenters. The van der Waals surface area contributed by atoms with Crippen LogP contribution in [0.15, 0.2) is 36.4 Å². The zero-order valence-electron chi connectivity index (χ0n) is 17.4. The molecule has 0 radical (unpaired) electrons. The van der Waals surface area contributed by atoms with Crippen LogP contribution in [-0.4, -0.2) is 22.8 Å². The van der Waals surface area contributed by atoms with Gasteiger partial charge in [-0.2, -0.15) is 0 Å². The lowest BCUT2D eigenvalue weighted by atomic mass is 10.1. The van der Waals surface area contributed by atoms with E-state index in [9.17, 15) is 9.59 Å². The highest BCUT2D eigenvalue weighted by molar-refractivity contribution is 8.00. The Hall–Kier alpha value is -2.27. The van der Waals surface area contributed by atoms with Crippen molar-refractivity contribution in [3.63, 3.8) is 0 Å². The van der Waals surface area contributed by atoms with E-state index in [0.717, 1.165) is 45.8 Å². The summed E-state index contributed by atoms with van der Waals surface area (Å²) in [6.45, 7) is 9.89. The Labute approximate surface area is 172 Å². The Bertz CT molecular complexity index is 828. The number of para-hydroxylation sites is 1. The molecular weight excluding hydrogens is 368 g/mol. The Balaban J connectivity index is 1.74. The lowest BCUT2D eigenvalue weighted by Gasteiger charge is -2.14. The van der Waals surface area contributed by atoms with E-state index in [0.29, 0.717) is 6.42 Å². The fraction of sp³-hybridized carbons (Fsp3) is 0.391. The Kier molecular flexibility index (Phi) is 8.12. The standard InChI is InChI=1S/C23H30N2O2S/c1-15-11-12-16(2)20(14-15)24-23(27)19(5)28-13-7-10-21(26)25-22-17(3)8-6-9-18(22)4/h6,8-9,11-12,14,19H,7,10,13H2,1-5H3,(H,24,27)(H,25,26). The number of thioether (sulfide) groups is 1.